The molecule has 0 heterocycles. The third-order valence-electron chi connectivity index (χ3n) is 2.97. The number of benzene rings is 2. The molecule has 108 valence electrons. The number of halogens is 2. The Bertz CT molecular complexity index is 680. The number of carbonyl (C=O) groups excluding carboxylic acids is 1. The molecule has 0 aromatic heterocycles. The lowest BCUT2D eigenvalue weighted by molar-refractivity contribution is -0.111. The Labute approximate surface area is 134 Å². The van der Waals surface area contributed by atoms with Crippen molar-refractivity contribution in [2.45, 2.75) is 13.3 Å². The Hall–Kier alpha value is -1.77. The zero-order valence-electron chi connectivity index (χ0n) is 11.6. The summed E-state index contributed by atoms with van der Waals surface area (Å²) in [5, 5.41) is 3.79. The zero-order valence-corrected chi connectivity index (χ0v) is 13.1. The standard InChI is InChI=1S/C17H15Cl2NO/c1-2-12-4-3-5-14(10-12)20-17(21)9-7-13-6-8-15(18)16(19)11-13/h3-11H,2H2,1H3,(H,20,21)/b9-7+. The van der Waals surface area contributed by atoms with Gasteiger partial charge in [0.15, 0.2) is 0 Å². The van der Waals surface area contributed by atoms with Crippen LogP contribution in [0.25, 0.3) is 6.08 Å². The van der Waals surface area contributed by atoms with E-state index < -0.39 is 0 Å². The predicted molar refractivity (Wildman–Crippen MR) is 89.9 cm³/mol. The van der Waals surface area contributed by atoms with E-state index >= 15 is 0 Å². The van der Waals surface area contributed by atoms with Crippen molar-refractivity contribution in [1.29, 1.82) is 0 Å². The maximum absolute atomic E-state index is 11.9. The van der Waals surface area contributed by atoms with Gasteiger partial charge in [-0.3, -0.25) is 4.79 Å². The van der Waals surface area contributed by atoms with Crippen LogP contribution in [-0.4, -0.2) is 5.91 Å². The number of hydrogen-bond acceptors (Lipinski definition) is 1. The van der Waals surface area contributed by atoms with Crippen LogP contribution in [-0.2, 0) is 11.2 Å². The molecule has 0 atom stereocenters. The lowest BCUT2D eigenvalue weighted by atomic mass is 10.1. The van der Waals surface area contributed by atoms with E-state index in [1.807, 2.05) is 24.3 Å². The minimum atomic E-state index is -0.186. The molecule has 2 aromatic carbocycles. The van der Waals surface area contributed by atoms with Gasteiger partial charge < -0.3 is 5.32 Å². The van der Waals surface area contributed by atoms with Crippen LogP contribution in [0.15, 0.2) is 48.5 Å². The lowest BCUT2D eigenvalue weighted by Gasteiger charge is -2.04. The number of rotatable bonds is 4. The molecule has 1 amide bonds. The van der Waals surface area contributed by atoms with Gasteiger partial charge in [0.2, 0.25) is 5.91 Å². The third-order valence-corrected chi connectivity index (χ3v) is 3.71. The zero-order chi connectivity index (χ0) is 15.2. The second-order valence-electron chi connectivity index (χ2n) is 4.55. The van der Waals surface area contributed by atoms with E-state index in [9.17, 15) is 4.79 Å². The molecule has 4 heteroatoms. The molecule has 0 saturated heterocycles. The van der Waals surface area contributed by atoms with Gasteiger partial charge in [0.25, 0.3) is 0 Å². The maximum Gasteiger partial charge on any atom is 0.248 e. The van der Waals surface area contributed by atoms with Crippen LogP contribution in [0.4, 0.5) is 5.69 Å². The van der Waals surface area contributed by atoms with Gasteiger partial charge in [-0.05, 0) is 47.9 Å². The molecular weight excluding hydrogens is 305 g/mol. The second-order valence-corrected chi connectivity index (χ2v) is 5.36. The fourth-order valence-corrected chi connectivity index (χ4v) is 2.15. The smallest absolute Gasteiger partial charge is 0.248 e. The summed E-state index contributed by atoms with van der Waals surface area (Å²) in [6.07, 6.45) is 4.10. The Morgan fingerprint density at radius 2 is 1.95 bits per heavy atom. The van der Waals surface area contributed by atoms with Crippen LogP contribution in [0.1, 0.15) is 18.1 Å². The Balaban J connectivity index is 2.03. The van der Waals surface area contributed by atoms with Crippen molar-refractivity contribution in [3.8, 4) is 0 Å². The Morgan fingerprint density at radius 1 is 1.14 bits per heavy atom. The molecule has 2 rings (SSSR count). The summed E-state index contributed by atoms with van der Waals surface area (Å²) in [4.78, 5) is 11.9. The first-order valence-electron chi connectivity index (χ1n) is 6.61. The van der Waals surface area contributed by atoms with Crippen molar-refractivity contribution < 1.29 is 4.79 Å². The van der Waals surface area contributed by atoms with Crippen LogP contribution in [0.2, 0.25) is 10.0 Å². The summed E-state index contributed by atoms with van der Waals surface area (Å²) in [6, 6.07) is 13.0. The Kier molecular flexibility index (Phi) is 5.43. The molecule has 0 unspecified atom stereocenters. The van der Waals surface area contributed by atoms with E-state index in [-0.39, 0.29) is 5.91 Å². The SMILES string of the molecule is CCc1cccc(NC(=O)/C=C/c2ccc(Cl)c(Cl)c2)c1. The minimum absolute atomic E-state index is 0.186. The molecule has 0 aliphatic rings. The summed E-state index contributed by atoms with van der Waals surface area (Å²) in [6.45, 7) is 2.07. The fraction of sp³-hybridized carbons (Fsp3) is 0.118. The molecular formula is C17H15Cl2NO. The number of nitrogens with one attached hydrogen (secondary N) is 1. The molecule has 1 N–H and O–H groups in total. The van der Waals surface area contributed by atoms with Crippen LogP contribution in [0.3, 0.4) is 0 Å². The summed E-state index contributed by atoms with van der Waals surface area (Å²) in [7, 11) is 0. The largest absolute Gasteiger partial charge is 0.323 e. The number of amides is 1. The van der Waals surface area contributed by atoms with Crippen molar-refractivity contribution in [2.24, 2.45) is 0 Å². The number of carbonyl (C=O) groups is 1. The summed E-state index contributed by atoms with van der Waals surface area (Å²) in [5.41, 5.74) is 2.79. The average molecular weight is 320 g/mol. The monoisotopic (exact) mass is 319 g/mol. The van der Waals surface area contributed by atoms with Crippen molar-refractivity contribution in [1.82, 2.24) is 0 Å². The molecule has 0 radical (unpaired) electrons. The first-order valence-corrected chi connectivity index (χ1v) is 7.37. The first kappa shape index (κ1) is 15.6. The molecule has 2 nitrogen and oxygen atoms in total. The third kappa shape index (κ3) is 4.62. The van der Waals surface area contributed by atoms with Crippen molar-refractivity contribution >= 4 is 40.9 Å². The van der Waals surface area contributed by atoms with E-state index in [4.69, 9.17) is 23.2 Å². The van der Waals surface area contributed by atoms with Crippen LogP contribution >= 0.6 is 23.2 Å². The van der Waals surface area contributed by atoms with E-state index in [1.165, 1.54) is 11.6 Å². The highest BCUT2D eigenvalue weighted by Gasteiger charge is 2.00. The van der Waals surface area contributed by atoms with Gasteiger partial charge in [0.05, 0.1) is 10.0 Å². The van der Waals surface area contributed by atoms with Crippen molar-refractivity contribution in [3.05, 3.63) is 69.7 Å². The maximum atomic E-state index is 11.9. The molecule has 2 aromatic rings. The van der Waals surface area contributed by atoms with Gasteiger partial charge in [-0.1, -0.05) is 48.3 Å². The van der Waals surface area contributed by atoms with Gasteiger partial charge in [-0.2, -0.15) is 0 Å². The van der Waals surface area contributed by atoms with E-state index in [1.54, 1.807) is 24.3 Å². The number of anilines is 1. The lowest BCUT2D eigenvalue weighted by Crippen LogP contribution is -2.07. The highest BCUT2D eigenvalue weighted by Crippen LogP contribution is 2.23. The fourth-order valence-electron chi connectivity index (χ4n) is 1.84. The van der Waals surface area contributed by atoms with Crippen LogP contribution in [0.5, 0.6) is 0 Å². The summed E-state index contributed by atoms with van der Waals surface area (Å²) >= 11 is 11.8. The molecule has 0 aliphatic heterocycles. The van der Waals surface area contributed by atoms with E-state index in [0.29, 0.717) is 10.0 Å². The highest BCUT2D eigenvalue weighted by atomic mass is 35.5. The normalized spacial score (nSPS) is 10.8. The number of hydrogen-bond donors (Lipinski definition) is 1. The van der Waals surface area contributed by atoms with Gasteiger partial charge in [-0.15, -0.1) is 0 Å². The van der Waals surface area contributed by atoms with Gasteiger partial charge >= 0.3 is 0 Å². The second kappa shape index (κ2) is 7.30. The van der Waals surface area contributed by atoms with Crippen LogP contribution in [0, 0.1) is 0 Å². The van der Waals surface area contributed by atoms with Gasteiger partial charge in [0, 0.05) is 11.8 Å². The van der Waals surface area contributed by atoms with E-state index in [2.05, 4.69) is 12.2 Å². The molecule has 21 heavy (non-hydrogen) atoms. The van der Waals surface area contributed by atoms with Gasteiger partial charge in [-0.25, -0.2) is 0 Å². The predicted octanol–water partition coefficient (Wildman–Crippen LogP) is 5.21. The first-order chi connectivity index (χ1) is 10.1. The average Bonchev–Trinajstić information content (AvgIpc) is 2.48. The molecule has 0 bridgehead atoms. The summed E-state index contributed by atoms with van der Waals surface area (Å²) < 4.78 is 0. The molecule has 0 fully saturated rings. The number of aryl methyl sites for hydroxylation is 1. The minimum Gasteiger partial charge on any atom is -0.323 e. The molecule has 0 aliphatic carbocycles. The van der Waals surface area contributed by atoms with Crippen molar-refractivity contribution in [2.75, 3.05) is 5.32 Å². The Morgan fingerprint density at radius 3 is 2.67 bits per heavy atom. The van der Waals surface area contributed by atoms with E-state index in [0.717, 1.165) is 17.7 Å². The quantitative estimate of drug-likeness (QED) is 0.770. The molecule has 0 saturated carbocycles. The van der Waals surface area contributed by atoms with Gasteiger partial charge in [0.1, 0.15) is 0 Å². The topological polar surface area (TPSA) is 29.1 Å². The van der Waals surface area contributed by atoms with Crippen molar-refractivity contribution in [3.63, 3.8) is 0 Å². The molecule has 0 spiro atoms. The highest BCUT2D eigenvalue weighted by molar-refractivity contribution is 6.42. The van der Waals surface area contributed by atoms with Crippen LogP contribution < -0.4 is 5.32 Å². The summed E-state index contributed by atoms with van der Waals surface area (Å²) in [5.74, 6) is -0.186.